The third-order valence-corrected chi connectivity index (χ3v) is 5.32. The van der Waals surface area contributed by atoms with Crippen LogP contribution in [0.25, 0.3) is 0 Å². The fraction of sp³-hybridized carbons (Fsp3) is 0.765. The van der Waals surface area contributed by atoms with Crippen molar-refractivity contribution in [1.82, 2.24) is 20.8 Å². The van der Waals surface area contributed by atoms with Crippen LogP contribution in [0.3, 0.4) is 0 Å². The van der Waals surface area contributed by atoms with Gasteiger partial charge in [0.15, 0.2) is 5.69 Å². The second-order valence-corrected chi connectivity index (χ2v) is 7.25. The molecule has 2 aliphatic rings. The van der Waals surface area contributed by atoms with Gasteiger partial charge in [-0.3, -0.25) is 9.89 Å². The topological polar surface area (TPSA) is 79.0 Å². The molecule has 23 heavy (non-hydrogen) atoms. The molecule has 0 saturated heterocycles. The van der Waals surface area contributed by atoms with E-state index in [1.54, 1.807) is 0 Å². The summed E-state index contributed by atoms with van der Waals surface area (Å²) in [5, 5.41) is 13.7. The molecule has 1 aromatic rings. The number of hydrogen-bond donors (Lipinski definition) is 3. The molecule has 1 aliphatic heterocycles. The van der Waals surface area contributed by atoms with Gasteiger partial charge in [0, 0.05) is 48.8 Å². The van der Waals surface area contributed by atoms with Crippen molar-refractivity contribution in [2.75, 3.05) is 13.2 Å². The summed E-state index contributed by atoms with van der Waals surface area (Å²) < 4.78 is 5.94. The third kappa shape index (κ3) is 3.15. The highest BCUT2D eigenvalue weighted by molar-refractivity contribution is 5.94. The molecule has 2 heterocycles. The number of unbranched alkanes of at least 4 members (excludes halogenated alkanes) is 1. The van der Waals surface area contributed by atoms with Gasteiger partial charge in [-0.25, -0.2) is 0 Å². The lowest BCUT2D eigenvalue weighted by atomic mass is 9.64. The number of hydrogen-bond acceptors (Lipinski definition) is 4. The molecular weight excluding hydrogens is 292 g/mol. The van der Waals surface area contributed by atoms with Crippen molar-refractivity contribution in [2.24, 2.45) is 5.41 Å². The Kier molecular flexibility index (Phi) is 4.73. The highest BCUT2D eigenvalue weighted by Gasteiger charge is 2.49. The second-order valence-electron chi connectivity index (χ2n) is 7.25. The Bertz CT molecular complexity index is 567. The van der Waals surface area contributed by atoms with Gasteiger partial charge in [0.05, 0.1) is 6.10 Å². The predicted molar refractivity (Wildman–Crippen MR) is 88.3 cm³/mol. The monoisotopic (exact) mass is 320 g/mol. The first-order valence-electron chi connectivity index (χ1n) is 8.73. The first-order valence-corrected chi connectivity index (χ1v) is 8.73. The summed E-state index contributed by atoms with van der Waals surface area (Å²) in [6.07, 6.45) is 4.25. The molecule has 3 rings (SSSR count). The van der Waals surface area contributed by atoms with E-state index in [1.165, 1.54) is 0 Å². The first-order chi connectivity index (χ1) is 11.0. The summed E-state index contributed by atoms with van der Waals surface area (Å²) in [7, 11) is 0. The number of nitrogens with zero attached hydrogens (tertiary/aromatic N) is 1. The minimum atomic E-state index is -0.0729. The molecule has 6 nitrogen and oxygen atoms in total. The van der Waals surface area contributed by atoms with Crippen molar-refractivity contribution in [3.05, 3.63) is 17.0 Å². The van der Waals surface area contributed by atoms with Gasteiger partial charge in [-0.2, -0.15) is 5.10 Å². The molecular formula is C17H28N4O2. The summed E-state index contributed by atoms with van der Waals surface area (Å²) in [5.74, 6) is -0.0729. The first kappa shape index (κ1) is 16.5. The minimum absolute atomic E-state index is 0.0297. The van der Waals surface area contributed by atoms with Gasteiger partial charge in [-0.05, 0) is 12.8 Å². The third-order valence-electron chi connectivity index (χ3n) is 5.32. The fourth-order valence-corrected chi connectivity index (χ4v) is 3.42. The number of nitrogens with one attached hydrogen (secondary N) is 3. The van der Waals surface area contributed by atoms with E-state index in [1.807, 2.05) is 0 Å². The van der Waals surface area contributed by atoms with E-state index in [2.05, 4.69) is 41.6 Å². The van der Waals surface area contributed by atoms with Gasteiger partial charge < -0.3 is 15.4 Å². The van der Waals surface area contributed by atoms with E-state index in [0.717, 1.165) is 50.1 Å². The van der Waals surface area contributed by atoms with Crippen molar-refractivity contribution < 1.29 is 9.53 Å². The number of carbonyl (C=O) groups is 1. The van der Waals surface area contributed by atoms with Crippen molar-refractivity contribution in [2.45, 2.75) is 65.1 Å². The molecule has 1 saturated carbocycles. The second kappa shape index (κ2) is 6.61. The molecule has 0 aromatic carbocycles. The standard InChI is InChI=1S/C17H28N4O2/c1-4-5-8-23-14-9-13(17(14,2)3)19-16(22)15-11-10-18-7-6-12(11)20-21-15/h13-14,18H,4-10H2,1-3H3,(H,19,22)(H,20,21). The van der Waals surface area contributed by atoms with Crippen LogP contribution < -0.4 is 10.6 Å². The molecule has 6 heteroatoms. The van der Waals surface area contributed by atoms with Gasteiger partial charge >= 0.3 is 0 Å². The summed E-state index contributed by atoms with van der Waals surface area (Å²) in [6.45, 7) is 8.95. The summed E-state index contributed by atoms with van der Waals surface area (Å²) >= 11 is 0. The van der Waals surface area contributed by atoms with Gasteiger partial charge in [0.1, 0.15) is 0 Å². The predicted octanol–water partition coefficient (Wildman–Crippen LogP) is 1.77. The van der Waals surface area contributed by atoms with Crippen LogP contribution in [0.4, 0.5) is 0 Å². The molecule has 2 atom stereocenters. The zero-order valence-corrected chi connectivity index (χ0v) is 14.4. The number of amides is 1. The quantitative estimate of drug-likeness (QED) is 0.698. The number of aromatic nitrogens is 2. The van der Waals surface area contributed by atoms with E-state index >= 15 is 0 Å². The zero-order chi connectivity index (χ0) is 16.4. The van der Waals surface area contributed by atoms with E-state index in [9.17, 15) is 4.79 Å². The lowest BCUT2D eigenvalue weighted by Gasteiger charge is -2.51. The molecule has 1 aromatic heterocycles. The van der Waals surface area contributed by atoms with Crippen LogP contribution in [0.15, 0.2) is 0 Å². The van der Waals surface area contributed by atoms with Crippen molar-refractivity contribution in [3.8, 4) is 0 Å². The van der Waals surface area contributed by atoms with E-state index < -0.39 is 0 Å². The van der Waals surface area contributed by atoms with E-state index in [0.29, 0.717) is 12.2 Å². The Morgan fingerprint density at radius 1 is 1.48 bits per heavy atom. The number of ether oxygens (including phenoxy) is 1. The van der Waals surface area contributed by atoms with Gasteiger partial charge in [0.25, 0.3) is 5.91 Å². The minimum Gasteiger partial charge on any atom is -0.378 e. The van der Waals surface area contributed by atoms with Crippen LogP contribution in [0, 0.1) is 5.41 Å². The SMILES string of the molecule is CCCCOC1CC(NC(=O)c2n[nH]c3c2CNCC3)C1(C)C. The molecule has 2 unspecified atom stereocenters. The fourth-order valence-electron chi connectivity index (χ4n) is 3.42. The van der Waals surface area contributed by atoms with Crippen LogP contribution in [-0.4, -0.2) is 41.4 Å². The molecule has 0 radical (unpaired) electrons. The summed E-state index contributed by atoms with van der Waals surface area (Å²) in [4.78, 5) is 12.6. The maximum Gasteiger partial charge on any atom is 0.272 e. The average molecular weight is 320 g/mol. The molecule has 128 valence electrons. The Balaban J connectivity index is 1.58. The van der Waals surface area contributed by atoms with Crippen LogP contribution in [0.5, 0.6) is 0 Å². The molecule has 0 spiro atoms. The van der Waals surface area contributed by atoms with E-state index in [-0.39, 0.29) is 23.5 Å². The van der Waals surface area contributed by atoms with Crippen molar-refractivity contribution in [3.63, 3.8) is 0 Å². The number of fused-ring (bicyclic) bond motifs is 1. The Morgan fingerprint density at radius 3 is 3.04 bits per heavy atom. The lowest BCUT2D eigenvalue weighted by Crippen LogP contribution is -2.62. The highest BCUT2D eigenvalue weighted by atomic mass is 16.5. The molecule has 1 amide bonds. The van der Waals surface area contributed by atoms with Crippen LogP contribution in [0.2, 0.25) is 0 Å². The maximum atomic E-state index is 12.6. The number of H-pyrrole nitrogens is 1. The van der Waals surface area contributed by atoms with Crippen molar-refractivity contribution >= 4 is 5.91 Å². The van der Waals surface area contributed by atoms with Crippen molar-refractivity contribution in [1.29, 1.82) is 0 Å². The Morgan fingerprint density at radius 2 is 2.30 bits per heavy atom. The summed E-state index contributed by atoms with van der Waals surface area (Å²) in [6, 6.07) is 0.144. The smallest absolute Gasteiger partial charge is 0.272 e. The van der Waals surface area contributed by atoms with Gasteiger partial charge in [-0.15, -0.1) is 0 Å². The largest absolute Gasteiger partial charge is 0.378 e. The Hall–Kier alpha value is -1.40. The van der Waals surface area contributed by atoms with E-state index in [4.69, 9.17) is 4.74 Å². The van der Waals surface area contributed by atoms with Crippen LogP contribution >= 0.6 is 0 Å². The Labute approximate surface area is 137 Å². The van der Waals surface area contributed by atoms with Crippen LogP contribution in [-0.2, 0) is 17.7 Å². The zero-order valence-electron chi connectivity index (χ0n) is 14.4. The molecule has 3 N–H and O–H groups in total. The summed E-state index contributed by atoms with van der Waals surface area (Å²) in [5.41, 5.74) is 2.61. The number of rotatable bonds is 6. The highest BCUT2D eigenvalue weighted by Crippen LogP contribution is 2.43. The van der Waals surface area contributed by atoms with Gasteiger partial charge in [0.2, 0.25) is 0 Å². The average Bonchev–Trinajstić information content (AvgIpc) is 2.97. The maximum absolute atomic E-state index is 12.6. The number of carbonyl (C=O) groups excluding carboxylic acids is 1. The number of aromatic amines is 1. The normalized spacial score (nSPS) is 25.5. The molecule has 0 bridgehead atoms. The van der Waals surface area contributed by atoms with Crippen LogP contribution in [0.1, 0.15) is 61.8 Å². The molecule has 1 fully saturated rings. The lowest BCUT2D eigenvalue weighted by molar-refractivity contribution is -0.115. The molecule has 1 aliphatic carbocycles. The van der Waals surface area contributed by atoms with Gasteiger partial charge in [-0.1, -0.05) is 27.2 Å².